The highest BCUT2D eigenvalue weighted by atomic mass is 79.9. The summed E-state index contributed by atoms with van der Waals surface area (Å²) < 4.78 is 20.1. The minimum absolute atomic E-state index is 0.124. The SMILES string of the molecule is Fc1cc(Br)cc(OC2CC(Cl)C23CCCCC3)c1. The molecule has 2 aliphatic carbocycles. The summed E-state index contributed by atoms with van der Waals surface area (Å²) in [6, 6.07) is 4.71. The van der Waals surface area contributed by atoms with Crippen molar-refractivity contribution in [2.75, 3.05) is 0 Å². The van der Waals surface area contributed by atoms with Crippen molar-refractivity contribution in [3.63, 3.8) is 0 Å². The molecule has 0 amide bonds. The first kappa shape index (κ1) is 13.7. The Morgan fingerprint density at radius 1 is 1.21 bits per heavy atom. The van der Waals surface area contributed by atoms with Gasteiger partial charge in [-0.2, -0.15) is 0 Å². The summed E-state index contributed by atoms with van der Waals surface area (Å²) in [6.07, 6.45) is 7.06. The van der Waals surface area contributed by atoms with Crippen LogP contribution in [-0.4, -0.2) is 11.5 Å². The normalized spacial score (nSPS) is 29.0. The lowest BCUT2D eigenvalue weighted by Crippen LogP contribution is -2.58. The van der Waals surface area contributed by atoms with Crippen LogP contribution in [0.5, 0.6) is 5.75 Å². The predicted molar refractivity (Wildman–Crippen MR) is 78.3 cm³/mol. The monoisotopic (exact) mass is 346 g/mol. The lowest BCUT2D eigenvalue weighted by Gasteiger charge is -2.55. The molecule has 0 aliphatic heterocycles. The van der Waals surface area contributed by atoms with Gasteiger partial charge in [-0.15, -0.1) is 11.6 Å². The number of rotatable bonds is 2. The van der Waals surface area contributed by atoms with E-state index in [-0.39, 0.29) is 22.7 Å². The molecule has 0 heterocycles. The molecule has 2 aliphatic rings. The van der Waals surface area contributed by atoms with Gasteiger partial charge in [-0.25, -0.2) is 4.39 Å². The van der Waals surface area contributed by atoms with E-state index in [2.05, 4.69) is 15.9 Å². The zero-order valence-corrected chi connectivity index (χ0v) is 13.0. The summed E-state index contributed by atoms with van der Waals surface area (Å²) in [7, 11) is 0. The summed E-state index contributed by atoms with van der Waals surface area (Å²) >= 11 is 9.74. The van der Waals surface area contributed by atoms with E-state index in [1.54, 1.807) is 0 Å². The van der Waals surface area contributed by atoms with E-state index in [1.807, 2.05) is 6.07 Å². The van der Waals surface area contributed by atoms with Crippen LogP contribution < -0.4 is 4.74 Å². The van der Waals surface area contributed by atoms with Crippen molar-refractivity contribution in [2.24, 2.45) is 5.41 Å². The van der Waals surface area contributed by atoms with Crippen LogP contribution in [0.25, 0.3) is 0 Å². The second-order valence-electron chi connectivity index (χ2n) is 5.71. The van der Waals surface area contributed by atoms with Gasteiger partial charge in [-0.05, 0) is 25.0 Å². The van der Waals surface area contributed by atoms with E-state index >= 15 is 0 Å². The fourth-order valence-corrected chi connectivity index (χ4v) is 4.43. The highest BCUT2D eigenvalue weighted by Crippen LogP contribution is 2.55. The van der Waals surface area contributed by atoms with Crippen molar-refractivity contribution in [2.45, 2.75) is 50.0 Å². The highest BCUT2D eigenvalue weighted by molar-refractivity contribution is 9.10. The Hall–Kier alpha value is -0.280. The van der Waals surface area contributed by atoms with Crippen molar-refractivity contribution < 1.29 is 9.13 Å². The molecule has 104 valence electrons. The van der Waals surface area contributed by atoms with E-state index in [9.17, 15) is 4.39 Å². The molecule has 2 unspecified atom stereocenters. The molecule has 1 nitrogen and oxygen atoms in total. The number of alkyl halides is 1. The summed E-state index contributed by atoms with van der Waals surface area (Å²) in [5.74, 6) is 0.328. The molecular weight excluding hydrogens is 331 g/mol. The molecule has 1 aromatic carbocycles. The number of halogens is 3. The zero-order chi connectivity index (χ0) is 13.5. The third kappa shape index (κ3) is 2.52. The molecule has 0 radical (unpaired) electrons. The van der Waals surface area contributed by atoms with Crippen LogP contribution >= 0.6 is 27.5 Å². The first-order valence-electron chi connectivity index (χ1n) is 6.87. The average Bonchev–Trinajstić information content (AvgIpc) is 2.38. The van der Waals surface area contributed by atoms with Crippen molar-refractivity contribution >= 4 is 27.5 Å². The molecule has 2 atom stereocenters. The van der Waals surface area contributed by atoms with Crippen molar-refractivity contribution in [3.05, 3.63) is 28.5 Å². The molecule has 1 aromatic rings. The molecular formula is C15H17BrClFO. The van der Waals surface area contributed by atoms with Crippen LogP contribution in [0.2, 0.25) is 0 Å². The molecule has 0 bridgehead atoms. The molecule has 0 aromatic heterocycles. The third-order valence-corrected chi connectivity index (χ3v) is 5.66. The number of ether oxygens (including phenoxy) is 1. The van der Waals surface area contributed by atoms with Crippen LogP contribution in [0.15, 0.2) is 22.7 Å². The van der Waals surface area contributed by atoms with Gasteiger partial charge in [-0.3, -0.25) is 0 Å². The van der Waals surface area contributed by atoms with Gasteiger partial charge in [0.1, 0.15) is 17.7 Å². The van der Waals surface area contributed by atoms with Gasteiger partial charge >= 0.3 is 0 Å². The van der Waals surface area contributed by atoms with Gasteiger partial charge in [-0.1, -0.05) is 35.2 Å². The van der Waals surface area contributed by atoms with E-state index in [1.165, 1.54) is 31.4 Å². The Morgan fingerprint density at radius 3 is 2.58 bits per heavy atom. The topological polar surface area (TPSA) is 9.23 Å². The van der Waals surface area contributed by atoms with Crippen LogP contribution in [-0.2, 0) is 0 Å². The molecule has 2 fully saturated rings. The first-order valence-corrected chi connectivity index (χ1v) is 8.10. The minimum atomic E-state index is -0.274. The molecule has 0 saturated heterocycles. The fraction of sp³-hybridized carbons (Fsp3) is 0.600. The predicted octanol–water partition coefficient (Wildman–Crippen LogP) is 5.30. The maximum Gasteiger partial charge on any atom is 0.128 e. The number of hydrogen-bond donors (Lipinski definition) is 0. The lowest BCUT2D eigenvalue weighted by molar-refractivity contribution is -0.0651. The smallest absolute Gasteiger partial charge is 0.128 e. The Balaban J connectivity index is 1.76. The lowest BCUT2D eigenvalue weighted by atomic mass is 9.58. The third-order valence-electron chi connectivity index (χ3n) is 4.58. The van der Waals surface area contributed by atoms with Gasteiger partial charge in [0.2, 0.25) is 0 Å². The van der Waals surface area contributed by atoms with Gasteiger partial charge < -0.3 is 4.74 Å². The molecule has 1 spiro atoms. The van der Waals surface area contributed by atoms with Gasteiger partial charge in [0, 0.05) is 27.8 Å². The number of benzene rings is 1. The summed E-state index contributed by atoms with van der Waals surface area (Å²) in [4.78, 5) is 0. The minimum Gasteiger partial charge on any atom is -0.490 e. The standard InChI is InChI=1S/C15H17BrClFO/c16-10-6-11(18)8-12(7-10)19-14-9-13(17)15(14)4-2-1-3-5-15/h6-8,13-14H,1-5,9H2. The van der Waals surface area contributed by atoms with Gasteiger partial charge in [0.25, 0.3) is 0 Å². The van der Waals surface area contributed by atoms with E-state index < -0.39 is 0 Å². The second-order valence-corrected chi connectivity index (χ2v) is 7.15. The Bertz CT molecular complexity index is 453. The molecule has 3 rings (SSSR count). The summed E-state index contributed by atoms with van der Waals surface area (Å²) in [6.45, 7) is 0. The molecule has 0 N–H and O–H groups in total. The Labute approximate surface area is 126 Å². The van der Waals surface area contributed by atoms with Gasteiger partial charge in [0.05, 0.1) is 0 Å². The second kappa shape index (κ2) is 5.25. The Morgan fingerprint density at radius 2 is 1.95 bits per heavy atom. The van der Waals surface area contributed by atoms with E-state index in [4.69, 9.17) is 16.3 Å². The maximum atomic E-state index is 13.4. The van der Waals surface area contributed by atoms with Crippen LogP contribution in [0.1, 0.15) is 38.5 Å². The van der Waals surface area contributed by atoms with E-state index in [0.29, 0.717) is 10.2 Å². The first-order chi connectivity index (χ1) is 9.10. The molecule has 2 saturated carbocycles. The quantitative estimate of drug-likeness (QED) is 0.660. The summed E-state index contributed by atoms with van der Waals surface area (Å²) in [5, 5.41) is 0.217. The highest BCUT2D eigenvalue weighted by Gasteiger charge is 2.55. The maximum absolute atomic E-state index is 13.4. The van der Waals surface area contributed by atoms with Gasteiger partial charge in [0.15, 0.2) is 0 Å². The summed E-state index contributed by atoms with van der Waals surface area (Å²) in [5.41, 5.74) is 0.124. The molecule has 4 heteroatoms. The van der Waals surface area contributed by atoms with E-state index in [0.717, 1.165) is 19.3 Å². The number of hydrogen-bond acceptors (Lipinski definition) is 1. The van der Waals surface area contributed by atoms with Crippen molar-refractivity contribution in [1.82, 2.24) is 0 Å². The average molecular weight is 348 g/mol. The zero-order valence-electron chi connectivity index (χ0n) is 10.7. The fourth-order valence-electron chi connectivity index (χ4n) is 3.47. The molecule has 19 heavy (non-hydrogen) atoms. The van der Waals surface area contributed by atoms with Crippen molar-refractivity contribution in [3.8, 4) is 5.75 Å². The van der Waals surface area contributed by atoms with Crippen molar-refractivity contribution in [1.29, 1.82) is 0 Å². The van der Waals surface area contributed by atoms with Crippen LogP contribution in [0, 0.1) is 11.2 Å². The largest absolute Gasteiger partial charge is 0.490 e. The Kier molecular flexibility index (Phi) is 3.78. The van der Waals surface area contributed by atoms with Crippen LogP contribution in [0.4, 0.5) is 4.39 Å². The van der Waals surface area contributed by atoms with Crippen LogP contribution in [0.3, 0.4) is 0 Å².